The van der Waals surface area contributed by atoms with Crippen LogP contribution in [0.2, 0.25) is 0 Å². The van der Waals surface area contributed by atoms with Gasteiger partial charge in [0.2, 0.25) is 5.91 Å². The van der Waals surface area contributed by atoms with Gasteiger partial charge in [-0.15, -0.1) is 0 Å². The third-order valence-corrected chi connectivity index (χ3v) is 3.46. The Morgan fingerprint density at radius 1 is 1.44 bits per heavy atom. The summed E-state index contributed by atoms with van der Waals surface area (Å²) in [6.45, 7) is 1.28. The SMILES string of the molecule is NCC1CCCCN1C(=O)Cc1cccc(F)c1. The molecule has 2 N–H and O–H groups in total. The third-order valence-electron chi connectivity index (χ3n) is 3.46. The molecule has 1 aliphatic rings. The number of amides is 1. The zero-order chi connectivity index (χ0) is 13.0. The minimum Gasteiger partial charge on any atom is -0.338 e. The summed E-state index contributed by atoms with van der Waals surface area (Å²) >= 11 is 0. The maximum absolute atomic E-state index is 13.1. The second kappa shape index (κ2) is 5.96. The van der Waals surface area contributed by atoms with E-state index in [4.69, 9.17) is 5.73 Å². The number of nitrogens with zero attached hydrogens (tertiary/aromatic N) is 1. The van der Waals surface area contributed by atoms with Gasteiger partial charge in [0, 0.05) is 19.1 Å². The summed E-state index contributed by atoms with van der Waals surface area (Å²) in [5.74, 6) is -0.245. The summed E-state index contributed by atoms with van der Waals surface area (Å²) in [4.78, 5) is 14.1. The molecule has 0 spiro atoms. The van der Waals surface area contributed by atoms with E-state index >= 15 is 0 Å². The van der Waals surface area contributed by atoms with Crippen LogP contribution in [0.25, 0.3) is 0 Å². The minimum atomic E-state index is -0.297. The number of likely N-dealkylation sites (tertiary alicyclic amines) is 1. The quantitative estimate of drug-likeness (QED) is 0.887. The van der Waals surface area contributed by atoms with Gasteiger partial charge in [-0.05, 0) is 37.0 Å². The molecular formula is C14H19FN2O. The van der Waals surface area contributed by atoms with Crippen molar-refractivity contribution < 1.29 is 9.18 Å². The molecule has 0 bridgehead atoms. The Hall–Kier alpha value is -1.42. The van der Waals surface area contributed by atoms with E-state index in [9.17, 15) is 9.18 Å². The van der Waals surface area contributed by atoms with Crippen LogP contribution in [-0.4, -0.2) is 29.9 Å². The van der Waals surface area contributed by atoms with Gasteiger partial charge in [0.1, 0.15) is 5.82 Å². The molecule has 98 valence electrons. The Balaban J connectivity index is 2.02. The Labute approximate surface area is 107 Å². The number of halogens is 1. The summed E-state index contributed by atoms with van der Waals surface area (Å²) in [5, 5.41) is 0. The molecule has 2 rings (SSSR count). The van der Waals surface area contributed by atoms with Crippen molar-refractivity contribution in [3.8, 4) is 0 Å². The summed E-state index contributed by atoms with van der Waals surface area (Å²) in [6, 6.07) is 6.37. The molecule has 1 unspecified atom stereocenters. The first-order valence-electron chi connectivity index (χ1n) is 6.44. The van der Waals surface area contributed by atoms with Gasteiger partial charge in [-0.1, -0.05) is 12.1 Å². The fraction of sp³-hybridized carbons (Fsp3) is 0.500. The molecule has 1 heterocycles. The lowest BCUT2D eigenvalue weighted by Gasteiger charge is -2.35. The molecule has 0 aliphatic carbocycles. The van der Waals surface area contributed by atoms with Crippen molar-refractivity contribution in [3.63, 3.8) is 0 Å². The molecule has 0 saturated carbocycles. The molecule has 0 radical (unpaired) electrons. The van der Waals surface area contributed by atoms with E-state index in [1.807, 2.05) is 4.90 Å². The van der Waals surface area contributed by atoms with Gasteiger partial charge in [0.05, 0.1) is 6.42 Å². The van der Waals surface area contributed by atoms with E-state index in [-0.39, 0.29) is 24.2 Å². The van der Waals surface area contributed by atoms with Crippen LogP contribution in [0.4, 0.5) is 4.39 Å². The van der Waals surface area contributed by atoms with Gasteiger partial charge >= 0.3 is 0 Å². The summed E-state index contributed by atoms with van der Waals surface area (Å²) in [5.41, 5.74) is 6.42. The molecule has 0 aromatic heterocycles. The van der Waals surface area contributed by atoms with Crippen molar-refractivity contribution in [2.45, 2.75) is 31.7 Å². The smallest absolute Gasteiger partial charge is 0.227 e. The van der Waals surface area contributed by atoms with E-state index in [1.165, 1.54) is 12.1 Å². The zero-order valence-electron chi connectivity index (χ0n) is 10.4. The lowest BCUT2D eigenvalue weighted by molar-refractivity contribution is -0.133. The Kier molecular flexibility index (Phi) is 4.31. The largest absolute Gasteiger partial charge is 0.338 e. The van der Waals surface area contributed by atoms with Crippen LogP contribution >= 0.6 is 0 Å². The number of carbonyl (C=O) groups is 1. The van der Waals surface area contributed by atoms with E-state index in [1.54, 1.807) is 12.1 Å². The van der Waals surface area contributed by atoms with E-state index < -0.39 is 0 Å². The number of hydrogen-bond donors (Lipinski definition) is 1. The van der Waals surface area contributed by atoms with Crippen LogP contribution in [0, 0.1) is 5.82 Å². The number of hydrogen-bond acceptors (Lipinski definition) is 2. The molecule has 1 aromatic carbocycles. The maximum Gasteiger partial charge on any atom is 0.227 e. The number of nitrogens with two attached hydrogens (primary N) is 1. The maximum atomic E-state index is 13.1. The van der Waals surface area contributed by atoms with Crippen LogP contribution in [0.1, 0.15) is 24.8 Å². The van der Waals surface area contributed by atoms with Crippen molar-refractivity contribution in [1.82, 2.24) is 4.90 Å². The van der Waals surface area contributed by atoms with Crippen molar-refractivity contribution in [2.24, 2.45) is 5.73 Å². The van der Waals surface area contributed by atoms with Crippen molar-refractivity contribution in [3.05, 3.63) is 35.6 Å². The average Bonchev–Trinajstić information content (AvgIpc) is 2.38. The Morgan fingerprint density at radius 3 is 3.00 bits per heavy atom. The highest BCUT2D eigenvalue weighted by atomic mass is 19.1. The summed E-state index contributed by atoms with van der Waals surface area (Å²) < 4.78 is 13.1. The molecule has 1 fully saturated rings. The Bertz CT molecular complexity index is 422. The molecule has 1 atom stereocenters. The molecule has 18 heavy (non-hydrogen) atoms. The summed E-state index contributed by atoms with van der Waals surface area (Å²) in [7, 11) is 0. The molecule has 1 amide bonds. The molecule has 3 nitrogen and oxygen atoms in total. The van der Waals surface area contributed by atoms with Gasteiger partial charge in [0.25, 0.3) is 0 Å². The fourth-order valence-corrected chi connectivity index (χ4v) is 2.50. The summed E-state index contributed by atoms with van der Waals surface area (Å²) in [6.07, 6.45) is 3.40. The van der Waals surface area contributed by atoms with Gasteiger partial charge < -0.3 is 10.6 Å². The fourth-order valence-electron chi connectivity index (χ4n) is 2.50. The van der Waals surface area contributed by atoms with Gasteiger partial charge in [-0.2, -0.15) is 0 Å². The topological polar surface area (TPSA) is 46.3 Å². The van der Waals surface area contributed by atoms with Crippen LogP contribution in [0.3, 0.4) is 0 Å². The zero-order valence-corrected chi connectivity index (χ0v) is 10.4. The lowest BCUT2D eigenvalue weighted by atomic mass is 10.0. The van der Waals surface area contributed by atoms with Gasteiger partial charge in [0.15, 0.2) is 0 Å². The van der Waals surface area contributed by atoms with E-state index in [2.05, 4.69) is 0 Å². The number of benzene rings is 1. The third kappa shape index (κ3) is 3.07. The predicted octanol–water partition coefficient (Wildman–Crippen LogP) is 1.71. The number of carbonyl (C=O) groups excluding carboxylic acids is 1. The van der Waals surface area contributed by atoms with Gasteiger partial charge in [-0.25, -0.2) is 4.39 Å². The second-order valence-corrected chi connectivity index (χ2v) is 4.78. The molecule has 1 aliphatic heterocycles. The van der Waals surface area contributed by atoms with Crippen molar-refractivity contribution >= 4 is 5.91 Å². The molecule has 1 saturated heterocycles. The molecule has 4 heteroatoms. The van der Waals surface area contributed by atoms with Crippen molar-refractivity contribution in [2.75, 3.05) is 13.1 Å². The predicted molar refractivity (Wildman–Crippen MR) is 68.5 cm³/mol. The first kappa shape index (κ1) is 13.0. The highest BCUT2D eigenvalue weighted by Crippen LogP contribution is 2.17. The molecule has 1 aromatic rings. The highest BCUT2D eigenvalue weighted by molar-refractivity contribution is 5.79. The normalized spacial score (nSPS) is 19.9. The number of piperidine rings is 1. The highest BCUT2D eigenvalue weighted by Gasteiger charge is 2.25. The van der Waals surface area contributed by atoms with Crippen molar-refractivity contribution in [1.29, 1.82) is 0 Å². The van der Waals surface area contributed by atoms with Crippen LogP contribution < -0.4 is 5.73 Å². The molecular weight excluding hydrogens is 231 g/mol. The van der Waals surface area contributed by atoms with Crippen LogP contribution in [0.5, 0.6) is 0 Å². The first-order valence-corrected chi connectivity index (χ1v) is 6.44. The number of rotatable bonds is 3. The van der Waals surface area contributed by atoms with Gasteiger partial charge in [-0.3, -0.25) is 4.79 Å². The van der Waals surface area contributed by atoms with E-state index in [0.717, 1.165) is 31.4 Å². The van der Waals surface area contributed by atoms with Crippen LogP contribution in [-0.2, 0) is 11.2 Å². The van der Waals surface area contributed by atoms with Crippen LogP contribution in [0.15, 0.2) is 24.3 Å². The first-order chi connectivity index (χ1) is 8.70. The second-order valence-electron chi connectivity index (χ2n) is 4.78. The Morgan fingerprint density at radius 2 is 2.28 bits per heavy atom. The standard InChI is InChI=1S/C14H19FN2O/c15-12-5-3-4-11(8-12)9-14(18)17-7-2-1-6-13(17)10-16/h3-5,8,13H,1-2,6-7,9-10,16H2. The lowest BCUT2D eigenvalue weighted by Crippen LogP contribution is -2.48. The monoisotopic (exact) mass is 250 g/mol. The average molecular weight is 250 g/mol. The van der Waals surface area contributed by atoms with E-state index in [0.29, 0.717) is 6.54 Å². The minimum absolute atomic E-state index is 0.0516.